The predicted octanol–water partition coefficient (Wildman–Crippen LogP) is 4.76. The second kappa shape index (κ2) is 18.6. The van der Waals surface area contributed by atoms with Crippen molar-refractivity contribution < 1.29 is 43.8 Å². The normalized spacial score (nSPS) is 13.2. The van der Waals surface area contributed by atoms with Crippen LogP contribution in [0.15, 0.2) is 0 Å². The van der Waals surface area contributed by atoms with E-state index in [1.54, 1.807) is 0 Å². The number of carbonyl (C=O) groups is 1. The summed E-state index contributed by atoms with van der Waals surface area (Å²) in [6.45, 7) is 1.19. The molecule has 32 heavy (non-hydrogen) atoms. The summed E-state index contributed by atoms with van der Waals surface area (Å²) in [4.78, 5) is 10.9. The van der Waals surface area contributed by atoms with Crippen molar-refractivity contribution in [3.63, 3.8) is 0 Å². The lowest BCUT2D eigenvalue weighted by Gasteiger charge is -2.14. The lowest BCUT2D eigenvalue weighted by Crippen LogP contribution is -2.23. The number of hydrogen-bond acceptors (Lipinski definition) is 8. The van der Waals surface area contributed by atoms with E-state index in [4.69, 9.17) is 13.8 Å². The monoisotopic (exact) mass is 504 g/mol. The molecule has 0 bridgehead atoms. The molecule has 12 heteroatoms. The first-order valence-electron chi connectivity index (χ1n) is 11.4. The molecular formula is C20H40O10S2. The van der Waals surface area contributed by atoms with E-state index < -0.39 is 33.1 Å². The van der Waals surface area contributed by atoms with Gasteiger partial charge in [-0.2, -0.15) is 16.8 Å². The molecule has 0 heterocycles. The molecule has 0 fully saturated rings. The van der Waals surface area contributed by atoms with Crippen LogP contribution in [0, 0.1) is 0 Å². The van der Waals surface area contributed by atoms with Crippen molar-refractivity contribution >= 4 is 26.8 Å². The summed E-state index contributed by atoms with van der Waals surface area (Å²) >= 11 is 0. The van der Waals surface area contributed by atoms with Gasteiger partial charge in [0, 0.05) is 13.3 Å². The number of rotatable bonds is 22. The second-order valence-corrected chi connectivity index (χ2v) is 10.0. The van der Waals surface area contributed by atoms with Crippen molar-refractivity contribution in [2.45, 2.75) is 116 Å². The summed E-state index contributed by atoms with van der Waals surface area (Å²) in [6.07, 6.45) is 14.6. The third-order valence-corrected chi connectivity index (χ3v) is 5.77. The van der Waals surface area contributed by atoms with Crippen LogP contribution in [0.4, 0.5) is 0 Å². The highest BCUT2D eigenvalue weighted by Gasteiger charge is 2.19. The minimum atomic E-state index is -4.65. The Balaban J connectivity index is 3.41. The van der Waals surface area contributed by atoms with Crippen LogP contribution < -0.4 is 0 Å². The Bertz CT molecular complexity index is 676. The number of ether oxygens (including phenoxy) is 1. The van der Waals surface area contributed by atoms with Gasteiger partial charge in [0.15, 0.2) is 0 Å². The summed E-state index contributed by atoms with van der Waals surface area (Å²) in [7, 11) is -8.96. The van der Waals surface area contributed by atoms with Crippen LogP contribution in [0.1, 0.15) is 110 Å². The first-order valence-corrected chi connectivity index (χ1v) is 14.2. The molecule has 0 saturated heterocycles. The third kappa shape index (κ3) is 25.5. The highest BCUT2D eigenvalue weighted by Crippen LogP contribution is 2.15. The molecule has 1 atom stereocenters. The number of unbranched alkanes of at least 4 members (excludes halogenated alkanes) is 14. The van der Waals surface area contributed by atoms with Gasteiger partial charge in [0.1, 0.15) is 0 Å². The van der Waals surface area contributed by atoms with E-state index in [1.807, 2.05) is 0 Å². The lowest BCUT2D eigenvalue weighted by molar-refractivity contribution is -0.161. The van der Waals surface area contributed by atoms with Gasteiger partial charge in [-0.1, -0.05) is 83.5 Å². The molecule has 0 aliphatic rings. The topological polar surface area (TPSA) is 154 Å². The van der Waals surface area contributed by atoms with Crippen LogP contribution >= 0.6 is 0 Å². The van der Waals surface area contributed by atoms with Gasteiger partial charge in [-0.05, 0) is 12.8 Å². The minimum Gasteiger partial charge on any atom is -0.435 e. The highest BCUT2D eigenvalue weighted by atomic mass is 32.3. The highest BCUT2D eigenvalue weighted by molar-refractivity contribution is 7.81. The molecule has 0 amide bonds. The van der Waals surface area contributed by atoms with Gasteiger partial charge in [0.25, 0.3) is 0 Å². The zero-order chi connectivity index (χ0) is 24.3. The average Bonchev–Trinajstić information content (AvgIpc) is 2.64. The summed E-state index contributed by atoms with van der Waals surface area (Å²) in [5.74, 6) is -0.664. The first kappa shape index (κ1) is 31.2. The van der Waals surface area contributed by atoms with Gasteiger partial charge in [-0.3, -0.25) is 13.9 Å². The molecule has 192 valence electrons. The maximum absolute atomic E-state index is 10.9. The van der Waals surface area contributed by atoms with Crippen molar-refractivity contribution in [1.29, 1.82) is 0 Å². The van der Waals surface area contributed by atoms with Crippen LogP contribution in [0.5, 0.6) is 0 Å². The van der Waals surface area contributed by atoms with Gasteiger partial charge in [-0.25, -0.2) is 8.37 Å². The van der Waals surface area contributed by atoms with Gasteiger partial charge in [0.2, 0.25) is 6.29 Å². The fourth-order valence-electron chi connectivity index (χ4n) is 3.32. The van der Waals surface area contributed by atoms with Crippen LogP contribution in [0.25, 0.3) is 0 Å². The molecule has 0 spiro atoms. The largest absolute Gasteiger partial charge is 0.435 e. The average molecular weight is 505 g/mol. The van der Waals surface area contributed by atoms with E-state index in [9.17, 15) is 21.6 Å². The maximum Gasteiger partial charge on any atom is 0.400 e. The van der Waals surface area contributed by atoms with Gasteiger partial charge in [-0.15, -0.1) is 0 Å². The Morgan fingerprint density at radius 3 is 1.38 bits per heavy atom. The molecule has 0 aliphatic heterocycles. The van der Waals surface area contributed by atoms with E-state index >= 15 is 0 Å². The zero-order valence-electron chi connectivity index (χ0n) is 19.1. The lowest BCUT2D eigenvalue weighted by atomic mass is 10.0. The molecule has 0 radical (unpaired) electrons. The van der Waals surface area contributed by atoms with Crippen molar-refractivity contribution in [3.8, 4) is 0 Å². The fourth-order valence-corrected chi connectivity index (χ4v) is 4.06. The summed E-state index contributed by atoms with van der Waals surface area (Å²) < 4.78 is 72.7. The maximum atomic E-state index is 10.9. The molecule has 0 aliphatic carbocycles. The Morgan fingerprint density at radius 1 is 0.656 bits per heavy atom. The van der Waals surface area contributed by atoms with Crippen molar-refractivity contribution in [3.05, 3.63) is 0 Å². The van der Waals surface area contributed by atoms with E-state index in [0.29, 0.717) is 12.8 Å². The summed E-state index contributed by atoms with van der Waals surface area (Å²) in [5.41, 5.74) is 0. The van der Waals surface area contributed by atoms with Crippen LogP contribution in [0.2, 0.25) is 0 Å². The third-order valence-electron chi connectivity index (χ3n) is 4.84. The SMILES string of the molecule is CC(=O)OC(CCCCCCCCCCCCCCCCCOS(=O)(=O)O)OS(=O)(=O)O. The number of esters is 1. The van der Waals surface area contributed by atoms with Gasteiger partial charge < -0.3 is 4.74 Å². The Kier molecular flexibility index (Phi) is 18.2. The van der Waals surface area contributed by atoms with E-state index in [0.717, 1.165) is 51.9 Å². The second-order valence-electron chi connectivity index (χ2n) is 7.90. The number of hydrogen-bond donors (Lipinski definition) is 2. The smallest absolute Gasteiger partial charge is 0.400 e. The minimum absolute atomic E-state index is 0.0378. The molecule has 1 unspecified atom stereocenters. The summed E-state index contributed by atoms with van der Waals surface area (Å²) in [6, 6.07) is 0. The van der Waals surface area contributed by atoms with Crippen molar-refractivity contribution in [2.24, 2.45) is 0 Å². The number of carbonyl (C=O) groups excluding carboxylic acids is 1. The Morgan fingerprint density at radius 2 is 1.03 bits per heavy atom. The van der Waals surface area contributed by atoms with E-state index in [-0.39, 0.29) is 13.0 Å². The zero-order valence-corrected chi connectivity index (χ0v) is 20.7. The Hall–Kier alpha value is -0.790. The standard InChI is InChI=1S/C20H40O10S2/c1-19(21)29-20(30-32(25,26)27)17-15-13-11-9-7-5-3-2-4-6-8-10-12-14-16-18-28-31(22,23)24/h20H,2-18H2,1H3,(H,22,23,24)(H,25,26,27). The molecular weight excluding hydrogens is 464 g/mol. The summed E-state index contributed by atoms with van der Waals surface area (Å²) in [5, 5.41) is 0. The first-order chi connectivity index (χ1) is 15.0. The molecule has 0 aromatic rings. The van der Waals surface area contributed by atoms with Gasteiger partial charge in [0.05, 0.1) is 6.61 Å². The quantitative estimate of drug-likeness (QED) is 0.0913. The molecule has 0 aromatic carbocycles. The van der Waals surface area contributed by atoms with Crippen LogP contribution in [0.3, 0.4) is 0 Å². The van der Waals surface area contributed by atoms with E-state index in [2.05, 4.69) is 8.37 Å². The molecule has 0 rings (SSSR count). The van der Waals surface area contributed by atoms with Crippen molar-refractivity contribution in [2.75, 3.05) is 6.61 Å². The van der Waals surface area contributed by atoms with Gasteiger partial charge >= 0.3 is 26.8 Å². The molecule has 0 saturated carbocycles. The fraction of sp³-hybridized carbons (Fsp3) is 0.950. The van der Waals surface area contributed by atoms with Crippen LogP contribution in [-0.2, 0) is 38.7 Å². The Labute approximate surface area is 193 Å². The molecule has 2 N–H and O–H groups in total. The van der Waals surface area contributed by atoms with Crippen LogP contribution in [-0.4, -0.2) is 44.8 Å². The van der Waals surface area contributed by atoms with Crippen molar-refractivity contribution in [1.82, 2.24) is 0 Å². The molecule has 0 aromatic heterocycles. The molecule has 10 nitrogen and oxygen atoms in total. The predicted molar refractivity (Wildman–Crippen MR) is 120 cm³/mol. The van der Waals surface area contributed by atoms with E-state index in [1.165, 1.54) is 38.5 Å².